The van der Waals surface area contributed by atoms with Gasteiger partial charge in [-0.1, -0.05) is 0 Å². The minimum absolute atomic E-state index is 0.127. The van der Waals surface area contributed by atoms with Gasteiger partial charge in [0.25, 0.3) is 0 Å². The molecule has 7 heteroatoms. The van der Waals surface area contributed by atoms with Gasteiger partial charge in [-0.05, 0) is 22.6 Å². The zero-order chi connectivity index (χ0) is 9.90. The van der Waals surface area contributed by atoms with Crippen molar-refractivity contribution in [2.24, 2.45) is 0 Å². The molecule has 0 N–H and O–H groups in total. The molecule has 0 saturated carbocycles. The van der Waals surface area contributed by atoms with E-state index in [0.717, 1.165) is 6.20 Å². The Kier molecular flexibility index (Phi) is 3.28. The highest BCUT2D eigenvalue weighted by Gasteiger charge is 2.28. The van der Waals surface area contributed by atoms with Crippen LogP contribution in [-0.2, 0) is 0 Å². The normalized spacial score (nSPS) is 11.4. The molecule has 0 spiro atoms. The first-order valence-corrected chi connectivity index (χ1v) is 4.22. The monoisotopic (exact) mass is 304 g/mol. The zero-order valence-corrected chi connectivity index (χ0v) is 8.33. The number of hydrogen-bond acceptors (Lipinski definition) is 3. The summed E-state index contributed by atoms with van der Waals surface area (Å²) in [5.41, 5.74) is 0. The lowest BCUT2D eigenvalue weighted by atomic mass is 10.7. The van der Waals surface area contributed by atoms with Crippen LogP contribution >= 0.6 is 22.6 Å². The summed E-state index contributed by atoms with van der Waals surface area (Å²) >= 11 is 1.89. The maximum Gasteiger partial charge on any atom is 0.422 e. The van der Waals surface area contributed by atoms with Crippen molar-refractivity contribution in [1.82, 2.24) is 9.97 Å². The van der Waals surface area contributed by atoms with Crippen LogP contribution in [-0.4, -0.2) is 22.8 Å². The van der Waals surface area contributed by atoms with Crippen molar-refractivity contribution in [3.8, 4) is 5.88 Å². The summed E-state index contributed by atoms with van der Waals surface area (Å²) in [5.74, 6) is -0.127. The van der Waals surface area contributed by atoms with Gasteiger partial charge < -0.3 is 4.74 Å². The molecule has 0 bridgehead atoms. The predicted molar refractivity (Wildman–Crippen MR) is 46.3 cm³/mol. The van der Waals surface area contributed by atoms with E-state index in [4.69, 9.17) is 0 Å². The number of rotatable bonds is 2. The van der Waals surface area contributed by atoms with E-state index >= 15 is 0 Å². The number of aromatic nitrogens is 2. The molecule has 1 rings (SSSR count). The fourth-order valence-corrected chi connectivity index (χ4v) is 0.809. The first-order valence-electron chi connectivity index (χ1n) is 3.14. The van der Waals surface area contributed by atoms with Crippen molar-refractivity contribution < 1.29 is 17.9 Å². The average molecular weight is 304 g/mol. The molecule has 0 radical (unpaired) electrons. The van der Waals surface area contributed by atoms with Gasteiger partial charge in [-0.2, -0.15) is 13.2 Å². The highest BCUT2D eigenvalue weighted by Crippen LogP contribution is 2.16. The van der Waals surface area contributed by atoms with E-state index in [1.807, 2.05) is 22.6 Å². The van der Waals surface area contributed by atoms with Gasteiger partial charge in [-0.25, -0.2) is 9.97 Å². The van der Waals surface area contributed by atoms with Crippen LogP contribution in [0, 0.1) is 3.70 Å². The molecule has 0 aromatic carbocycles. The van der Waals surface area contributed by atoms with E-state index in [-0.39, 0.29) is 5.88 Å². The number of halogens is 4. The Morgan fingerprint density at radius 1 is 1.31 bits per heavy atom. The first-order chi connectivity index (χ1) is 5.97. The third-order valence-corrected chi connectivity index (χ3v) is 1.54. The third-order valence-electron chi connectivity index (χ3n) is 0.980. The van der Waals surface area contributed by atoms with Crippen molar-refractivity contribution in [2.75, 3.05) is 6.61 Å². The maximum absolute atomic E-state index is 11.6. The molecule has 1 aromatic rings. The predicted octanol–water partition coefficient (Wildman–Crippen LogP) is 2.02. The molecule has 0 unspecified atom stereocenters. The van der Waals surface area contributed by atoms with E-state index < -0.39 is 12.8 Å². The van der Waals surface area contributed by atoms with Gasteiger partial charge in [-0.15, -0.1) is 0 Å². The molecule has 0 aliphatic rings. The smallest absolute Gasteiger partial charge is 0.422 e. The van der Waals surface area contributed by atoms with Crippen molar-refractivity contribution >= 4 is 22.6 Å². The largest absolute Gasteiger partial charge is 0.467 e. The molecular weight excluding hydrogens is 300 g/mol. The van der Waals surface area contributed by atoms with Gasteiger partial charge in [0.05, 0.1) is 12.4 Å². The molecule has 3 nitrogen and oxygen atoms in total. The summed E-state index contributed by atoms with van der Waals surface area (Å²) < 4.78 is 39.9. The minimum atomic E-state index is -4.34. The van der Waals surface area contributed by atoms with Crippen LogP contribution in [0.1, 0.15) is 0 Å². The van der Waals surface area contributed by atoms with Crippen LogP contribution in [0.3, 0.4) is 0 Å². The molecule has 0 amide bonds. The Hall–Kier alpha value is -0.600. The number of hydrogen-bond donors (Lipinski definition) is 0. The van der Waals surface area contributed by atoms with Crippen LogP contribution in [0.5, 0.6) is 5.88 Å². The number of ether oxygens (including phenoxy) is 1. The maximum atomic E-state index is 11.6. The molecule has 0 aliphatic carbocycles. The van der Waals surface area contributed by atoms with Gasteiger partial charge in [0.2, 0.25) is 5.88 Å². The number of alkyl halides is 3. The summed E-state index contributed by atoms with van der Waals surface area (Å²) in [5, 5.41) is 0. The second kappa shape index (κ2) is 4.07. The van der Waals surface area contributed by atoms with Gasteiger partial charge >= 0.3 is 6.18 Å². The summed E-state index contributed by atoms with van der Waals surface area (Å²) in [4.78, 5) is 7.30. The molecule has 0 fully saturated rings. The van der Waals surface area contributed by atoms with Gasteiger partial charge in [-0.3, -0.25) is 0 Å². The van der Waals surface area contributed by atoms with Crippen molar-refractivity contribution in [3.63, 3.8) is 0 Å². The standard InChI is InChI=1S/C6H4F3IN2O/c7-6(8,9)3-13-5-2-11-4(10)1-12-5/h1-2H,3H2. The van der Waals surface area contributed by atoms with Crippen LogP contribution < -0.4 is 4.74 Å². The highest BCUT2D eigenvalue weighted by atomic mass is 127. The van der Waals surface area contributed by atoms with E-state index in [9.17, 15) is 13.2 Å². The van der Waals surface area contributed by atoms with E-state index in [0.29, 0.717) is 3.70 Å². The summed E-state index contributed by atoms with van der Waals surface area (Å²) in [6.07, 6.45) is -1.87. The fraction of sp³-hybridized carbons (Fsp3) is 0.333. The Balaban J connectivity index is 2.51. The van der Waals surface area contributed by atoms with Crippen LogP contribution in [0.4, 0.5) is 13.2 Å². The van der Waals surface area contributed by atoms with E-state index in [1.165, 1.54) is 6.20 Å². The molecular formula is C6H4F3IN2O. The van der Waals surface area contributed by atoms with Crippen LogP contribution in [0.15, 0.2) is 12.4 Å². The Bertz CT molecular complexity index is 274. The van der Waals surface area contributed by atoms with Crippen molar-refractivity contribution in [2.45, 2.75) is 6.18 Å². The van der Waals surface area contributed by atoms with Gasteiger partial charge in [0.1, 0.15) is 3.70 Å². The molecule has 0 aliphatic heterocycles. The molecule has 72 valence electrons. The van der Waals surface area contributed by atoms with E-state index in [1.54, 1.807) is 0 Å². The van der Waals surface area contributed by atoms with Crippen LogP contribution in [0.25, 0.3) is 0 Å². The molecule has 13 heavy (non-hydrogen) atoms. The Labute approximate surface area is 85.5 Å². The summed E-state index contributed by atoms with van der Waals surface area (Å²) in [6, 6.07) is 0. The highest BCUT2D eigenvalue weighted by molar-refractivity contribution is 14.1. The SMILES string of the molecule is FC(F)(F)COc1cnc(I)cn1. The third kappa shape index (κ3) is 4.25. The van der Waals surface area contributed by atoms with Crippen molar-refractivity contribution in [3.05, 3.63) is 16.1 Å². The minimum Gasteiger partial charge on any atom is -0.467 e. The quantitative estimate of drug-likeness (QED) is 0.784. The lowest BCUT2D eigenvalue weighted by Gasteiger charge is -2.07. The van der Waals surface area contributed by atoms with Gasteiger partial charge in [0, 0.05) is 0 Å². The van der Waals surface area contributed by atoms with Crippen molar-refractivity contribution in [1.29, 1.82) is 0 Å². The molecule has 1 heterocycles. The Morgan fingerprint density at radius 2 is 2.00 bits per heavy atom. The zero-order valence-electron chi connectivity index (χ0n) is 6.18. The summed E-state index contributed by atoms with van der Waals surface area (Å²) in [6.45, 7) is -1.34. The number of nitrogens with zero attached hydrogens (tertiary/aromatic N) is 2. The lowest BCUT2D eigenvalue weighted by Crippen LogP contribution is -2.19. The summed E-state index contributed by atoms with van der Waals surface area (Å²) in [7, 11) is 0. The molecule has 1 aromatic heterocycles. The Morgan fingerprint density at radius 3 is 2.46 bits per heavy atom. The van der Waals surface area contributed by atoms with Gasteiger partial charge in [0.15, 0.2) is 6.61 Å². The average Bonchev–Trinajstić information content (AvgIpc) is 2.02. The first kappa shape index (κ1) is 10.5. The lowest BCUT2D eigenvalue weighted by molar-refractivity contribution is -0.154. The second-order valence-electron chi connectivity index (χ2n) is 2.08. The second-order valence-corrected chi connectivity index (χ2v) is 3.19. The topological polar surface area (TPSA) is 35.0 Å². The molecule has 0 saturated heterocycles. The fourth-order valence-electron chi connectivity index (χ4n) is 0.531. The molecule has 0 atom stereocenters. The van der Waals surface area contributed by atoms with E-state index in [2.05, 4.69) is 14.7 Å². The van der Waals surface area contributed by atoms with Crippen LogP contribution in [0.2, 0.25) is 0 Å².